The minimum Gasteiger partial charge on any atom is -0.464 e. The lowest BCUT2D eigenvalue weighted by Gasteiger charge is -2.17. The summed E-state index contributed by atoms with van der Waals surface area (Å²) in [5.74, 6) is 0.0622. The maximum absolute atomic E-state index is 12.4. The number of hydrogen-bond donors (Lipinski definition) is 1. The summed E-state index contributed by atoms with van der Waals surface area (Å²) in [6.45, 7) is 2.31. The molecule has 1 fully saturated rings. The van der Waals surface area contributed by atoms with Crippen LogP contribution in [-0.4, -0.2) is 34.9 Å². The highest BCUT2D eigenvalue weighted by atomic mass is 16.3. The van der Waals surface area contributed by atoms with Crippen LogP contribution in [0.3, 0.4) is 0 Å². The summed E-state index contributed by atoms with van der Waals surface area (Å²) in [6, 6.07) is 12.1. The third-order valence-electron chi connectivity index (χ3n) is 4.50. The maximum atomic E-state index is 12.4. The maximum Gasteiger partial charge on any atom is 0.255 e. The number of rotatable bonds is 4. The number of benzene rings is 1. The lowest BCUT2D eigenvalue weighted by molar-refractivity contribution is 0.0789. The van der Waals surface area contributed by atoms with Crippen LogP contribution in [0.5, 0.6) is 0 Å². The number of carbonyl (C=O) groups excluding carboxylic acids is 1. The number of aromatic nitrogens is 1. The van der Waals surface area contributed by atoms with Crippen molar-refractivity contribution < 1.29 is 9.21 Å². The molecule has 5 heteroatoms. The zero-order valence-corrected chi connectivity index (χ0v) is 13.3. The molecule has 1 aliphatic rings. The monoisotopic (exact) mass is 321 g/mol. The van der Waals surface area contributed by atoms with Crippen LogP contribution in [0.25, 0.3) is 11.0 Å². The minimum atomic E-state index is 0.0622. The van der Waals surface area contributed by atoms with Gasteiger partial charge in [-0.2, -0.15) is 0 Å². The van der Waals surface area contributed by atoms with Crippen molar-refractivity contribution in [2.24, 2.45) is 0 Å². The number of nitrogens with zero attached hydrogens (tertiary/aromatic N) is 2. The Bertz CT molecular complexity index is 844. The minimum absolute atomic E-state index is 0.0622. The molecule has 5 nitrogen and oxygen atoms in total. The first-order valence-electron chi connectivity index (χ1n) is 8.18. The standard InChI is InChI=1S/C19H19N3O2/c23-19(16-2-1-7-20-12-16)22-8-5-17(13-22)21-11-14-3-4-18-15(10-14)6-9-24-18/h1-4,6-7,9-10,12,17,21H,5,8,11,13H2. The van der Waals surface area contributed by atoms with E-state index in [0.29, 0.717) is 11.6 Å². The van der Waals surface area contributed by atoms with Crippen molar-refractivity contribution >= 4 is 16.9 Å². The van der Waals surface area contributed by atoms with E-state index in [-0.39, 0.29) is 5.91 Å². The van der Waals surface area contributed by atoms with Crippen LogP contribution in [0.15, 0.2) is 59.5 Å². The molecule has 1 unspecified atom stereocenters. The van der Waals surface area contributed by atoms with E-state index >= 15 is 0 Å². The molecule has 0 aliphatic carbocycles. The summed E-state index contributed by atoms with van der Waals surface area (Å²) in [7, 11) is 0. The number of carbonyl (C=O) groups is 1. The summed E-state index contributed by atoms with van der Waals surface area (Å²) < 4.78 is 5.36. The van der Waals surface area contributed by atoms with Crippen LogP contribution < -0.4 is 5.32 Å². The highest BCUT2D eigenvalue weighted by Crippen LogP contribution is 2.18. The van der Waals surface area contributed by atoms with Gasteiger partial charge in [0.2, 0.25) is 0 Å². The Labute approximate surface area is 140 Å². The van der Waals surface area contributed by atoms with Crippen LogP contribution in [-0.2, 0) is 6.54 Å². The molecule has 3 heterocycles. The Morgan fingerprint density at radius 3 is 3.17 bits per heavy atom. The highest BCUT2D eigenvalue weighted by Gasteiger charge is 2.26. The second-order valence-electron chi connectivity index (χ2n) is 6.15. The predicted octanol–water partition coefficient (Wildman–Crippen LogP) is 2.83. The molecule has 24 heavy (non-hydrogen) atoms. The largest absolute Gasteiger partial charge is 0.464 e. The smallest absolute Gasteiger partial charge is 0.255 e. The molecule has 0 radical (unpaired) electrons. The summed E-state index contributed by atoms with van der Waals surface area (Å²) in [5.41, 5.74) is 2.79. The first-order chi connectivity index (χ1) is 11.8. The Morgan fingerprint density at radius 2 is 2.29 bits per heavy atom. The van der Waals surface area contributed by atoms with Crippen molar-refractivity contribution in [3.8, 4) is 0 Å². The average molecular weight is 321 g/mol. The van der Waals surface area contributed by atoms with Crippen LogP contribution in [0.1, 0.15) is 22.3 Å². The normalized spacial score (nSPS) is 17.5. The lowest BCUT2D eigenvalue weighted by atomic mass is 10.1. The summed E-state index contributed by atoms with van der Waals surface area (Å²) in [6.07, 6.45) is 5.99. The van der Waals surface area contributed by atoms with E-state index in [1.165, 1.54) is 5.56 Å². The number of amides is 1. The predicted molar refractivity (Wildman–Crippen MR) is 91.6 cm³/mol. The molecule has 2 aromatic heterocycles. The van der Waals surface area contributed by atoms with Crippen LogP contribution in [0.2, 0.25) is 0 Å². The molecule has 1 amide bonds. The Balaban J connectivity index is 1.34. The fraction of sp³-hybridized carbons (Fsp3) is 0.263. The van der Waals surface area contributed by atoms with Gasteiger partial charge in [-0.05, 0) is 42.3 Å². The van der Waals surface area contributed by atoms with Gasteiger partial charge in [0.25, 0.3) is 5.91 Å². The zero-order valence-electron chi connectivity index (χ0n) is 13.3. The van der Waals surface area contributed by atoms with E-state index in [0.717, 1.165) is 37.0 Å². The van der Waals surface area contributed by atoms with Gasteiger partial charge in [-0.1, -0.05) is 6.07 Å². The fourth-order valence-corrected chi connectivity index (χ4v) is 3.17. The molecule has 1 saturated heterocycles. The third-order valence-corrected chi connectivity index (χ3v) is 4.50. The number of fused-ring (bicyclic) bond motifs is 1. The second kappa shape index (κ2) is 6.45. The number of likely N-dealkylation sites (tertiary alicyclic amines) is 1. The van der Waals surface area contributed by atoms with E-state index in [1.807, 2.05) is 23.1 Å². The molecule has 1 atom stereocenters. The lowest BCUT2D eigenvalue weighted by Crippen LogP contribution is -2.34. The van der Waals surface area contributed by atoms with Crippen LogP contribution in [0.4, 0.5) is 0 Å². The van der Waals surface area contributed by atoms with E-state index in [4.69, 9.17) is 4.42 Å². The Hall–Kier alpha value is -2.66. The first kappa shape index (κ1) is 14.9. The van der Waals surface area contributed by atoms with E-state index < -0.39 is 0 Å². The molecular formula is C19H19N3O2. The summed E-state index contributed by atoms with van der Waals surface area (Å²) in [4.78, 5) is 18.3. The SMILES string of the molecule is O=C(c1cccnc1)N1CCC(NCc2ccc3occc3c2)C1. The van der Waals surface area contributed by atoms with E-state index in [2.05, 4.69) is 22.4 Å². The number of pyridine rings is 1. The van der Waals surface area contributed by atoms with Crippen LogP contribution >= 0.6 is 0 Å². The van der Waals surface area contributed by atoms with Gasteiger partial charge in [0.15, 0.2) is 0 Å². The number of nitrogens with one attached hydrogen (secondary N) is 1. The highest BCUT2D eigenvalue weighted by molar-refractivity contribution is 5.94. The van der Waals surface area contributed by atoms with Gasteiger partial charge >= 0.3 is 0 Å². The van der Waals surface area contributed by atoms with Crippen molar-refractivity contribution in [2.75, 3.05) is 13.1 Å². The molecule has 4 rings (SSSR count). The van der Waals surface area contributed by atoms with Crippen molar-refractivity contribution in [1.29, 1.82) is 0 Å². The molecular weight excluding hydrogens is 302 g/mol. The van der Waals surface area contributed by atoms with Gasteiger partial charge < -0.3 is 14.6 Å². The van der Waals surface area contributed by atoms with Gasteiger partial charge in [-0.15, -0.1) is 0 Å². The first-order valence-corrected chi connectivity index (χ1v) is 8.18. The van der Waals surface area contributed by atoms with Crippen molar-refractivity contribution in [1.82, 2.24) is 15.2 Å². The van der Waals surface area contributed by atoms with Crippen molar-refractivity contribution in [3.63, 3.8) is 0 Å². The summed E-state index contributed by atoms with van der Waals surface area (Å²) >= 11 is 0. The fourth-order valence-electron chi connectivity index (χ4n) is 3.17. The molecule has 1 aliphatic heterocycles. The Kier molecular flexibility index (Phi) is 4.01. The van der Waals surface area contributed by atoms with Crippen molar-refractivity contribution in [3.05, 3.63) is 66.2 Å². The topological polar surface area (TPSA) is 58.4 Å². The molecule has 0 bridgehead atoms. The van der Waals surface area contributed by atoms with Gasteiger partial charge in [-0.3, -0.25) is 9.78 Å². The molecule has 1 N–H and O–H groups in total. The number of hydrogen-bond acceptors (Lipinski definition) is 4. The third kappa shape index (κ3) is 3.03. The van der Waals surface area contributed by atoms with Gasteiger partial charge in [0.05, 0.1) is 11.8 Å². The molecule has 122 valence electrons. The average Bonchev–Trinajstić information content (AvgIpc) is 3.29. The zero-order chi connectivity index (χ0) is 16.4. The van der Waals surface area contributed by atoms with Crippen LogP contribution in [0, 0.1) is 0 Å². The molecule has 0 saturated carbocycles. The van der Waals surface area contributed by atoms with Gasteiger partial charge in [0, 0.05) is 43.5 Å². The molecule has 3 aromatic rings. The number of furan rings is 1. The van der Waals surface area contributed by atoms with E-state index in [1.54, 1.807) is 24.7 Å². The summed E-state index contributed by atoms with van der Waals surface area (Å²) in [5, 5.41) is 4.67. The quantitative estimate of drug-likeness (QED) is 0.803. The Morgan fingerprint density at radius 1 is 1.33 bits per heavy atom. The van der Waals surface area contributed by atoms with Gasteiger partial charge in [-0.25, -0.2) is 0 Å². The molecule has 1 aromatic carbocycles. The van der Waals surface area contributed by atoms with E-state index in [9.17, 15) is 4.79 Å². The van der Waals surface area contributed by atoms with Crippen molar-refractivity contribution in [2.45, 2.75) is 19.0 Å². The molecule has 0 spiro atoms. The second-order valence-corrected chi connectivity index (χ2v) is 6.15. The van der Waals surface area contributed by atoms with Gasteiger partial charge in [0.1, 0.15) is 5.58 Å².